The third kappa shape index (κ3) is 3.47. The van der Waals surface area contributed by atoms with Crippen molar-refractivity contribution in [3.63, 3.8) is 0 Å². The van der Waals surface area contributed by atoms with E-state index in [9.17, 15) is 10.5 Å². The summed E-state index contributed by atoms with van der Waals surface area (Å²) in [4.78, 5) is 6.47. The first-order valence-electron chi connectivity index (χ1n) is 10.2. The standard InChI is InChI=1S/C28H18N4/c29-15-21(13-23-17-31-27-7-3-1-5-25(23)27)19-9-11-20(12-10-19)22(16-30)14-24-18-32-28-8-4-2-6-26(24)28/h1-14,17-18,31-32H. The molecular weight excluding hydrogens is 392 g/mol. The molecule has 0 atom stereocenters. The molecule has 2 heterocycles. The van der Waals surface area contributed by atoms with Crippen LogP contribution in [0.5, 0.6) is 0 Å². The fourth-order valence-corrected chi connectivity index (χ4v) is 3.93. The summed E-state index contributed by atoms with van der Waals surface area (Å²) >= 11 is 0. The van der Waals surface area contributed by atoms with Gasteiger partial charge in [0.05, 0.1) is 23.3 Å². The highest BCUT2D eigenvalue weighted by molar-refractivity contribution is 5.99. The van der Waals surface area contributed by atoms with Gasteiger partial charge in [0.25, 0.3) is 0 Å². The number of para-hydroxylation sites is 2. The van der Waals surface area contributed by atoms with Crippen LogP contribution < -0.4 is 0 Å². The largest absolute Gasteiger partial charge is 0.361 e. The lowest BCUT2D eigenvalue weighted by atomic mass is 9.98. The molecule has 0 amide bonds. The maximum absolute atomic E-state index is 9.75. The molecule has 3 aromatic carbocycles. The van der Waals surface area contributed by atoms with Crippen LogP contribution in [0.25, 0.3) is 45.1 Å². The zero-order valence-corrected chi connectivity index (χ0v) is 17.1. The van der Waals surface area contributed by atoms with Crippen molar-refractivity contribution in [2.24, 2.45) is 0 Å². The third-order valence-electron chi connectivity index (χ3n) is 5.59. The van der Waals surface area contributed by atoms with E-state index in [-0.39, 0.29) is 0 Å². The Morgan fingerprint density at radius 3 is 1.41 bits per heavy atom. The van der Waals surface area contributed by atoms with Crippen molar-refractivity contribution in [3.05, 3.63) is 107 Å². The van der Waals surface area contributed by atoms with Crippen molar-refractivity contribution in [2.75, 3.05) is 0 Å². The minimum Gasteiger partial charge on any atom is -0.361 e. The second-order valence-electron chi connectivity index (χ2n) is 7.50. The Balaban J connectivity index is 1.48. The number of aromatic nitrogens is 2. The van der Waals surface area contributed by atoms with Gasteiger partial charge < -0.3 is 9.97 Å². The summed E-state index contributed by atoms with van der Waals surface area (Å²) in [6, 6.07) is 28.2. The number of aromatic amines is 2. The lowest BCUT2D eigenvalue weighted by Crippen LogP contribution is -1.86. The van der Waals surface area contributed by atoms with Crippen LogP contribution in [0.15, 0.2) is 85.2 Å². The summed E-state index contributed by atoms with van der Waals surface area (Å²) in [5.41, 5.74) is 6.77. The first-order valence-corrected chi connectivity index (χ1v) is 10.2. The molecule has 0 unspecified atom stereocenters. The summed E-state index contributed by atoms with van der Waals surface area (Å²) in [6.07, 6.45) is 7.60. The SMILES string of the molecule is N#CC(=Cc1c[nH]c2ccccc12)c1ccc(C(C#N)=Cc2c[nH]c3ccccc23)cc1. The number of benzene rings is 3. The van der Waals surface area contributed by atoms with E-state index in [2.05, 4.69) is 22.1 Å². The van der Waals surface area contributed by atoms with Gasteiger partial charge in [-0.2, -0.15) is 10.5 Å². The molecule has 32 heavy (non-hydrogen) atoms. The van der Waals surface area contributed by atoms with E-state index in [1.807, 2.05) is 97.3 Å². The van der Waals surface area contributed by atoms with Crippen LogP contribution in [-0.2, 0) is 0 Å². The van der Waals surface area contributed by atoms with Crippen LogP contribution in [-0.4, -0.2) is 9.97 Å². The van der Waals surface area contributed by atoms with E-state index in [1.54, 1.807) is 0 Å². The molecule has 0 radical (unpaired) electrons. The van der Waals surface area contributed by atoms with Crippen LogP contribution in [0.1, 0.15) is 22.3 Å². The second kappa shape index (κ2) is 8.14. The van der Waals surface area contributed by atoms with Crippen LogP contribution in [0.4, 0.5) is 0 Å². The third-order valence-corrected chi connectivity index (χ3v) is 5.59. The first kappa shape index (κ1) is 19.2. The summed E-state index contributed by atoms with van der Waals surface area (Å²) in [5.74, 6) is 0. The maximum atomic E-state index is 9.75. The molecule has 2 N–H and O–H groups in total. The molecule has 0 saturated carbocycles. The van der Waals surface area contributed by atoms with Gasteiger partial charge in [-0.1, -0.05) is 60.7 Å². The van der Waals surface area contributed by atoms with E-state index in [1.165, 1.54) is 0 Å². The number of nitrogens with one attached hydrogen (secondary N) is 2. The zero-order chi connectivity index (χ0) is 21.9. The average Bonchev–Trinajstić information content (AvgIpc) is 3.45. The minimum absolute atomic E-state index is 0.570. The molecule has 0 bridgehead atoms. The average molecular weight is 410 g/mol. The van der Waals surface area contributed by atoms with E-state index in [4.69, 9.17) is 0 Å². The molecule has 0 fully saturated rings. The highest BCUT2D eigenvalue weighted by Gasteiger charge is 2.08. The number of hydrogen-bond donors (Lipinski definition) is 2. The lowest BCUT2D eigenvalue weighted by molar-refractivity contribution is 1.47. The molecule has 2 aromatic heterocycles. The topological polar surface area (TPSA) is 79.2 Å². The van der Waals surface area contributed by atoms with Gasteiger partial charge in [-0.3, -0.25) is 0 Å². The normalized spacial score (nSPS) is 12.1. The Morgan fingerprint density at radius 2 is 1.00 bits per heavy atom. The fourth-order valence-electron chi connectivity index (χ4n) is 3.93. The van der Waals surface area contributed by atoms with Crippen LogP contribution >= 0.6 is 0 Å². The highest BCUT2D eigenvalue weighted by atomic mass is 14.7. The number of allylic oxidation sites excluding steroid dienone is 2. The first-order chi connectivity index (χ1) is 15.8. The van der Waals surface area contributed by atoms with Crippen molar-refractivity contribution in [1.82, 2.24) is 9.97 Å². The summed E-state index contributed by atoms with van der Waals surface area (Å²) in [7, 11) is 0. The lowest BCUT2D eigenvalue weighted by Gasteiger charge is -2.03. The number of rotatable bonds is 4. The van der Waals surface area contributed by atoms with Crippen LogP contribution in [0.3, 0.4) is 0 Å². The van der Waals surface area contributed by atoms with Gasteiger partial charge in [-0.05, 0) is 35.4 Å². The molecule has 0 spiro atoms. The van der Waals surface area contributed by atoms with Crippen molar-refractivity contribution >= 4 is 45.1 Å². The summed E-state index contributed by atoms with van der Waals surface area (Å²) in [6.45, 7) is 0. The highest BCUT2D eigenvalue weighted by Crippen LogP contribution is 2.27. The van der Waals surface area contributed by atoms with E-state index >= 15 is 0 Å². The molecule has 5 rings (SSSR count). The second-order valence-corrected chi connectivity index (χ2v) is 7.50. The van der Waals surface area contributed by atoms with Crippen molar-refractivity contribution in [3.8, 4) is 12.1 Å². The van der Waals surface area contributed by atoms with Gasteiger partial charge in [0.2, 0.25) is 0 Å². The molecule has 150 valence electrons. The van der Waals surface area contributed by atoms with Gasteiger partial charge >= 0.3 is 0 Å². The number of H-pyrrole nitrogens is 2. The Labute approximate surface area is 185 Å². The van der Waals surface area contributed by atoms with Crippen molar-refractivity contribution < 1.29 is 0 Å². The molecule has 4 nitrogen and oxygen atoms in total. The van der Waals surface area contributed by atoms with Gasteiger partial charge in [0, 0.05) is 45.3 Å². The summed E-state index contributed by atoms with van der Waals surface area (Å²) in [5, 5.41) is 21.7. The Kier molecular flexibility index (Phi) is 4.88. The quantitative estimate of drug-likeness (QED) is 0.320. The maximum Gasteiger partial charge on any atom is 0.0998 e. The van der Waals surface area contributed by atoms with Crippen LogP contribution in [0, 0.1) is 22.7 Å². The zero-order valence-electron chi connectivity index (χ0n) is 17.1. The number of hydrogen-bond acceptors (Lipinski definition) is 2. The van der Waals surface area contributed by atoms with E-state index in [0.29, 0.717) is 11.1 Å². The van der Waals surface area contributed by atoms with Gasteiger partial charge in [0.1, 0.15) is 0 Å². The Hall–Kier alpha value is -4.80. The fraction of sp³-hybridized carbons (Fsp3) is 0. The van der Waals surface area contributed by atoms with Gasteiger partial charge in [0.15, 0.2) is 0 Å². The number of nitrogens with zero attached hydrogens (tertiary/aromatic N) is 2. The van der Waals surface area contributed by atoms with Crippen LogP contribution in [0.2, 0.25) is 0 Å². The van der Waals surface area contributed by atoms with Gasteiger partial charge in [-0.15, -0.1) is 0 Å². The van der Waals surface area contributed by atoms with E-state index < -0.39 is 0 Å². The number of nitriles is 2. The van der Waals surface area contributed by atoms with Gasteiger partial charge in [-0.25, -0.2) is 0 Å². The predicted octanol–water partition coefficient (Wildman–Crippen LogP) is 6.78. The Morgan fingerprint density at radius 1 is 0.594 bits per heavy atom. The molecule has 0 aliphatic carbocycles. The molecule has 0 saturated heterocycles. The number of fused-ring (bicyclic) bond motifs is 2. The smallest absolute Gasteiger partial charge is 0.0998 e. The van der Waals surface area contributed by atoms with Crippen molar-refractivity contribution in [1.29, 1.82) is 10.5 Å². The molecule has 5 aromatic rings. The van der Waals surface area contributed by atoms with E-state index in [0.717, 1.165) is 44.1 Å². The molecule has 4 heteroatoms. The Bertz CT molecular complexity index is 1460. The monoisotopic (exact) mass is 410 g/mol. The predicted molar refractivity (Wildman–Crippen MR) is 130 cm³/mol. The molecule has 0 aliphatic heterocycles. The summed E-state index contributed by atoms with van der Waals surface area (Å²) < 4.78 is 0. The molecular formula is C28H18N4. The van der Waals surface area contributed by atoms with Crippen molar-refractivity contribution in [2.45, 2.75) is 0 Å². The molecule has 0 aliphatic rings. The minimum atomic E-state index is 0.570.